The average molecular weight is 267 g/mol. The number of hydrogen-bond acceptors (Lipinski definition) is 1. The summed E-state index contributed by atoms with van der Waals surface area (Å²) in [5.41, 5.74) is 3.02. The zero-order valence-corrected chi connectivity index (χ0v) is 12.3. The summed E-state index contributed by atoms with van der Waals surface area (Å²) in [6.45, 7) is 6.76. The lowest BCUT2D eigenvalue weighted by atomic mass is 10.1. The van der Waals surface area contributed by atoms with Gasteiger partial charge < -0.3 is 4.90 Å². The standard InChI is InChI=1S/C18H21NO/c1-14(2)19(13-16-9-5-4-6-10-16)18(20)17-11-7-8-15(3)12-17/h4-12,14H,13H2,1-3H3. The molecule has 0 heterocycles. The van der Waals surface area contributed by atoms with Crippen LogP contribution < -0.4 is 0 Å². The summed E-state index contributed by atoms with van der Waals surface area (Å²) in [5.74, 6) is 0.0903. The van der Waals surface area contributed by atoms with Crippen molar-refractivity contribution in [2.45, 2.75) is 33.4 Å². The molecule has 2 rings (SSSR count). The second-order valence-electron chi connectivity index (χ2n) is 5.38. The molecule has 0 aromatic heterocycles. The molecule has 1 amide bonds. The number of rotatable bonds is 4. The molecular weight excluding hydrogens is 246 g/mol. The molecule has 20 heavy (non-hydrogen) atoms. The molecule has 0 aliphatic heterocycles. The highest BCUT2D eigenvalue weighted by molar-refractivity contribution is 5.94. The Bertz CT molecular complexity index is 575. The SMILES string of the molecule is Cc1cccc(C(=O)N(Cc2ccccc2)C(C)C)c1. The quantitative estimate of drug-likeness (QED) is 0.818. The Morgan fingerprint density at radius 2 is 1.75 bits per heavy atom. The van der Waals surface area contributed by atoms with Crippen molar-refractivity contribution < 1.29 is 4.79 Å². The van der Waals surface area contributed by atoms with Crippen LogP contribution in [0.5, 0.6) is 0 Å². The van der Waals surface area contributed by atoms with Crippen LogP contribution >= 0.6 is 0 Å². The minimum absolute atomic E-state index is 0.0903. The maximum atomic E-state index is 12.7. The lowest BCUT2D eigenvalue weighted by Gasteiger charge is -2.27. The van der Waals surface area contributed by atoms with E-state index in [0.717, 1.165) is 16.7 Å². The molecule has 0 spiro atoms. The molecule has 2 aromatic carbocycles. The van der Waals surface area contributed by atoms with Crippen molar-refractivity contribution in [2.24, 2.45) is 0 Å². The lowest BCUT2D eigenvalue weighted by Crippen LogP contribution is -2.36. The van der Waals surface area contributed by atoms with Crippen molar-refractivity contribution in [3.05, 3.63) is 71.3 Å². The van der Waals surface area contributed by atoms with E-state index in [4.69, 9.17) is 0 Å². The molecule has 0 saturated carbocycles. The molecule has 0 radical (unpaired) electrons. The van der Waals surface area contributed by atoms with Crippen LogP contribution in [0.2, 0.25) is 0 Å². The van der Waals surface area contributed by atoms with Crippen LogP contribution in [0.4, 0.5) is 0 Å². The fourth-order valence-corrected chi connectivity index (χ4v) is 2.21. The van der Waals surface area contributed by atoms with Crippen molar-refractivity contribution in [1.82, 2.24) is 4.90 Å². The molecule has 0 aliphatic rings. The summed E-state index contributed by atoms with van der Waals surface area (Å²) < 4.78 is 0. The number of aryl methyl sites for hydroxylation is 1. The second kappa shape index (κ2) is 6.38. The first-order chi connectivity index (χ1) is 9.58. The van der Waals surface area contributed by atoms with Gasteiger partial charge in [0.05, 0.1) is 0 Å². The molecule has 2 aromatic rings. The van der Waals surface area contributed by atoms with Gasteiger partial charge in [0.1, 0.15) is 0 Å². The number of amides is 1. The van der Waals surface area contributed by atoms with Crippen LogP contribution in [0.3, 0.4) is 0 Å². The van der Waals surface area contributed by atoms with Gasteiger partial charge in [0.2, 0.25) is 0 Å². The first-order valence-corrected chi connectivity index (χ1v) is 6.99. The Kier molecular flexibility index (Phi) is 4.57. The number of carbonyl (C=O) groups excluding carboxylic acids is 1. The molecule has 2 nitrogen and oxygen atoms in total. The first kappa shape index (κ1) is 14.3. The Morgan fingerprint density at radius 1 is 1.05 bits per heavy atom. The summed E-state index contributed by atoms with van der Waals surface area (Å²) in [6.07, 6.45) is 0. The van der Waals surface area contributed by atoms with E-state index >= 15 is 0 Å². The third kappa shape index (κ3) is 3.47. The van der Waals surface area contributed by atoms with E-state index in [1.807, 2.05) is 54.3 Å². The summed E-state index contributed by atoms with van der Waals surface area (Å²) >= 11 is 0. The predicted molar refractivity (Wildman–Crippen MR) is 82.6 cm³/mol. The highest BCUT2D eigenvalue weighted by atomic mass is 16.2. The van der Waals surface area contributed by atoms with E-state index in [0.29, 0.717) is 6.54 Å². The Balaban J connectivity index is 2.23. The maximum absolute atomic E-state index is 12.7. The smallest absolute Gasteiger partial charge is 0.254 e. The van der Waals surface area contributed by atoms with E-state index < -0.39 is 0 Å². The number of carbonyl (C=O) groups is 1. The Labute approximate surface area is 121 Å². The molecule has 0 unspecified atom stereocenters. The molecule has 0 bridgehead atoms. The highest BCUT2D eigenvalue weighted by Crippen LogP contribution is 2.14. The Hall–Kier alpha value is -2.09. The van der Waals surface area contributed by atoms with Crippen LogP contribution in [0, 0.1) is 6.92 Å². The molecule has 0 fully saturated rings. The molecule has 0 N–H and O–H groups in total. The minimum atomic E-state index is 0.0903. The number of nitrogens with zero attached hydrogens (tertiary/aromatic N) is 1. The minimum Gasteiger partial charge on any atom is -0.332 e. The predicted octanol–water partition coefficient (Wildman–Crippen LogP) is 4.05. The van der Waals surface area contributed by atoms with Crippen LogP contribution in [-0.4, -0.2) is 16.8 Å². The van der Waals surface area contributed by atoms with Crippen molar-refractivity contribution in [3.63, 3.8) is 0 Å². The van der Waals surface area contributed by atoms with E-state index in [-0.39, 0.29) is 11.9 Å². The van der Waals surface area contributed by atoms with Gasteiger partial charge in [-0.2, -0.15) is 0 Å². The van der Waals surface area contributed by atoms with Crippen molar-refractivity contribution in [1.29, 1.82) is 0 Å². The van der Waals surface area contributed by atoms with Gasteiger partial charge in [-0.25, -0.2) is 0 Å². The molecule has 0 atom stereocenters. The van der Waals surface area contributed by atoms with Gasteiger partial charge in [-0.1, -0.05) is 48.0 Å². The van der Waals surface area contributed by atoms with Crippen molar-refractivity contribution >= 4 is 5.91 Å². The maximum Gasteiger partial charge on any atom is 0.254 e. The molecule has 104 valence electrons. The van der Waals surface area contributed by atoms with Crippen LogP contribution in [-0.2, 0) is 6.54 Å². The molecule has 2 heteroatoms. The first-order valence-electron chi connectivity index (χ1n) is 6.99. The fraction of sp³-hybridized carbons (Fsp3) is 0.278. The average Bonchev–Trinajstić information content (AvgIpc) is 2.45. The second-order valence-corrected chi connectivity index (χ2v) is 5.38. The molecule has 0 saturated heterocycles. The normalized spacial score (nSPS) is 10.6. The number of benzene rings is 2. The van der Waals surface area contributed by atoms with E-state index in [2.05, 4.69) is 26.0 Å². The summed E-state index contributed by atoms with van der Waals surface area (Å²) in [6, 6.07) is 18.1. The van der Waals surface area contributed by atoms with Gasteiger partial charge >= 0.3 is 0 Å². The van der Waals surface area contributed by atoms with Gasteiger partial charge in [-0.15, -0.1) is 0 Å². The fourth-order valence-electron chi connectivity index (χ4n) is 2.21. The van der Waals surface area contributed by atoms with Gasteiger partial charge in [-0.05, 0) is 38.5 Å². The van der Waals surface area contributed by atoms with Gasteiger partial charge in [0.25, 0.3) is 5.91 Å². The molecular formula is C18H21NO. The topological polar surface area (TPSA) is 20.3 Å². The highest BCUT2D eigenvalue weighted by Gasteiger charge is 2.18. The lowest BCUT2D eigenvalue weighted by molar-refractivity contribution is 0.0690. The summed E-state index contributed by atoms with van der Waals surface area (Å²) in [4.78, 5) is 14.6. The van der Waals surface area contributed by atoms with Gasteiger partial charge in [0.15, 0.2) is 0 Å². The van der Waals surface area contributed by atoms with Gasteiger partial charge in [0, 0.05) is 18.2 Å². The van der Waals surface area contributed by atoms with E-state index in [9.17, 15) is 4.79 Å². The monoisotopic (exact) mass is 267 g/mol. The third-order valence-electron chi connectivity index (χ3n) is 3.34. The van der Waals surface area contributed by atoms with Crippen molar-refractivity contribution in [3.8, 4) is 0 Å². The largest absolute Gasteiger partial charge is 0.332 e. The summed E-state index contributed by atoms with van der Waals surface area (Å²) in [5, 5.41) is 0. The molecule has 0 aliphatic carbocycles. The zero-order chi connectivity index (χ0) is 14.5. The Morgan fingerprint density at radius 3 is 2.35 bits per heavy atom. The van der Waals surface area contributed by atoms with E-state index in [1.54, 1.807) is 0 Å². The van der Waals surface area contributed by atoms with E-state index in [1.165, 1.54) is 0 Å². The van der Waals surface area contributed by atoms with Crippen LogP contribution in [0.1, 0.15) is 35.3 Å². The zero-order valence-electron chi connectivity index (χ0n) is 12.3. The summed E-state index contributed by atoms with van der Waals surface area (Å²) in [7, 11) is 0. The third-order valence-corrected chi connectivity index (χ3v) is 3.34. The number of hydrogen-bond donors (Lipinski definition) is 0. The van der Waals surface area contributed by atoms with Crippen LogP contribution in [0.15, 0.2) is 54.6 Å². The van der Waals surface area contributed by atoms with Crippen LogP contribution in [0.25, 0.3) is 0 Å². The van der Waals surface area contributed by atoms with Gasteiger partial charge in [-0.3, -0.25) is 4.79 Å². The van der Waals surface area contributed by atoms with Crippen molar-refractivity contribution in [2.75, 3.05) is 0 Å².